The quantitative estimate of drug-likeness (QED) is 0.625. The van der Waals surface area contributed by atoms with Gasteiger partial charge in [-0.2, -0.15) is 17.6 Å². The smallest absolute Gasteiger partial charge is 0.387 e. The van der Waals surface area contributed by atoms with Crippen LogP contribution in [0.5, 0.6) is 17.2 Å². The van der Waals surface area contributed by atoms with E-state index in [9.17, 15) is 27.2 Å². The second-order valence-corrected chi connectivity index (χ2v) is 4.26. The van der Waals surface area contributed by atoms with Gasteiger partial charge in [0.25, 0.3) is 0 Å². The first-order chi connectivity index (χ1) is 11.9. The third kappa shape index (κ3) is 6.90. The molecule has 0 saturated heterocycles. The molecule has 0 amide bonds. The number of halogens is 4. The van der Waals surface area contributed by atoms with Gasteiger partial charge in [0, 0.05) is 5.56 Å². The van der Waals surface area contributed by atoms with Gasteiger partial charge in [0.1, 0.15) is 12.0 Å². The van der Waals surface area contributed by atoms with Crippen molar-refractivity contribution in [3.63, 3.8) is 0 Å². The molecule has 2 aromatic rings. The van der Waals surface area contributed by atoms with E-state index in [1.165, 1.54) is 24.3 Å². The average molecular weight is 360 g/mol. The molecule has 0 atom stereocenters. The standard InChI is InChI=1S/C8H6F2O3.C8H6F2O2/c9-8(10)13-7-2-1-5(4-11)3-6(7)12;9-8(10)12-7-4-2-1-3-6(7)5-11/h1-4,8,12H;1-5,8H. The Bertz CT molecular complexity index is 707. The summed E-state index contributed by atoms with van der Waals surface area (Å²) in [5.41, 5.74) is 0.317. The number of aromatic hydroxyl groups is 1. The fourth-order valence-corrected chi connectivity index (χ4v) is 1.58. The number of carbonyl (C=O) groups is 2. The van der Waals surface area contributed by atoms with Crippen molar-refractivity contribution < 1.29 is 41.7 Å². The lowest BCUT2D eigenvalue weighted by Crippen LogP contribution is -2.03. The zero-order chi connectivity index (χ0) is 18.8. The molecule has 0 saturated carbocycles. The lowest BCUT2D eigenvalue weighted by atomic mass is 10.2. The van der Waals surface area contributed by atoms with E-state index in [0.717, 1.165) is 12.1 Å². The minimum absolute atomic E-state index is 0.0949. The predicted octanol–water partition coefficient (Wildman–Crippen LogP) is 3.91. The maximum absolute atomic E-state index is 11.7. The lowest BCUT2D eigenvalue weighted by Gasteiger charge is -2.05. The number of para-hydroxylation sites is 1. The lowest BCUT2D eigenvalue weighted by molar-refractivity contribution is -0.0515. The van der Waals surface area contributed by atoms with Crippen LogP contribution in [0.2, 0.25) is 0 Å². The highest BCUT2D eigenvalue weighted by molar-refractivity contribution is 5.79. The van der Waals surface area contributed by atoms with Crippen LogP contribution < -0.4 is 9.47 Å². The van der Waals surface area contributed by atoms with Crippen molar-refractivity contribution in [2.24, 2.45) is 0 Å². The molecule has 1 N–H and O–H groups in total. The van der Waals surface area contributed by atoms with Crippen LogP contribution in [0.15, 0.2) is 42.5 Å². The normalized spacial score (nSPS) is 10.0. The minimum atomic E-state index is -2.99. The Kier molecular flexibility index (Phi) is 7.91. The van der Waals surface area contributed by atoms with Crippen LogP contribution in [0, 0.1) is 0 Å². The molecule has 0 unspecified atom stereocenters. The highest BCUT2D eigenvalue weighted by Crippen LogP contribution is 2.27. The average Bonchev–Trinajstić information content (AvgIpc) is 2.57. The Hall–Kier alpha value is -3.10. The summed E-state index contributed by atoms with van der Waals surface area (Å²) in [6, 6.07) is 9.23. The van der Waals surface area contributed by atoms with Crippen LogP contribution in [0.4, 0.5) is 17.6 Å². The molecule has 0 heterocycles. The summed E-state index contributed by atoms with van der Waals surface area (Å²) in [7, 11) is 0. The van der Waals surface area contributed by atoms with Gasteiger partial charge in [-0.05, 0) is 30.3 Å². The van der Waals surface area contributed by atoms with Gasteiger partial charge < -0.3 is 14.6 Å². The summed E-state index contributed by atoms with van der Waals surface area (Å²) in [6.07, 6.45) is 0.962. The second-order valence-electron chi connectivity index (χ2n) is 4.26. The second kappa shape index (κ2) is 9.91. The molecule has 0 radical (unpaired) electrons. The highest BCUT2D eigenvalue weighted by Gasteiger charge is 2.09. The Morgan fingerprint density at radius 3 is 1.96 bits per heavy atom. The van der Waals surface area contributed by atoms with Crippen LogP contribution in [-0.2, 0) is 0 Å². The molecule has 2 rings (SSSR count). The number of alkyl halides is 4. The molecular formula is C16H12F4O5. The van der Waals surface area contributed by atoms with Crippen molar-refractivity contribution in [3.8, 4) is 17.2 Å². The first-order valence-electron chi connectivity index (χ1n) is 6.59. The van der Waals surface area contributed by atoms with Crippen molar-refractivity contribution in [1.82, 2.24) is 0 Å². The Balaban J connectivity index is 0.000000251. The van der Waals surface area contributed by atoms with Crippen LogP contribution >= 0.6 is 0 Å². The molecule has 134 valence electrons. The van der Waals surface area contributed by atoms with E-state index in [0.29, 0.717) is 12.6 Å². The number of carbonyl (C=O) groups excluding carboxylic acids is 2. The first-order valence-corrected chi connectivity index (χ1v) is 6.59. The number of hydrogen-bond donors (Lipinski definition) is 1. The molecule has 0 aliphatic carbocycles. The van der Waals surface area contributed by atoms with E-state index in [-0.39, 0.29) is 22.6 Å². The van der Waals surface area contributed by atoms with Gasteiger partial charge in [0.15, 0.2) is 17.8 Å². The fraction of sp³-hybridized carbons (Fsp3) is 0.125. The monoisotopic (exact) mass is 360 g/mol. The number of hydrogen-bond acceptors (Lipinski definition) is 5. The number of ether oxygens (including phenoxy) is 2. The van der Waals surface area contributed by atoms with E-state index in [1.807, 2.05) is 0 Å². The summed E-state index contributed by atoms with van der Waals surface area (Å²) in [5, 5.41) is 9.05. The Morgan fingerprint density at radius 2 is 1.44 bits per heavy atom. The van der Waals surface area contributed by atoms with Crippen LogP contribution in [0.1, 0.15) is 20.7 Å². The third-order valence-corrected chi connectivity index (χ3v) is 2.60. The van der Waals surface area contributed by atoms with E-state index < -0.39 is 19.0 Å². The highest BCUT2D eigenvalue weighted by atomic mass is 19.3. The maximum atomic E-state index is 11.7. The first kappa shape index (κ1) is 19.9. The molecule has 2 aromatic carbocycles. The molecule has 5 nitrogen and oxygen atoms in total. The van der Waals surface area contributed by atoms with Crippen molar-refractivity contribution in [3.05, 3.63) is 53.6 Å². The number of rotatable bonds is 6. The van der Waals surface area contributed by atoms with Gasteiger partial charge in [-0.3, -0.25) is 9.59 Å². The van der Waals surface area contributed by atoms with Gasteiger partial charge in [-0.15, -0.1) is 0 Å². The minimum Gasteiger partial charge on any atom is -0.504 e. The summed E-state index contributed by atoms with van der Waals surface area (Å²) >= 11 is 0. The molecule has 0 aromatic heterocycles. The summed E-state index contributed by atoms with van der Waals surface area (Å²) < 4.78 is 54.8. The van der Waals surface area contributed by atoms with Crippen LogP contribution in [0.25, 0.3) is 0 Å². The molecule has 9 heteroatoms. The van der Waals surface area contributed by atoms with Crippen molar-refractivity contribution in [1.29, 1.82) is 0 Å². The van der Waals surface area contributed by atoms with Gasteiger partial charge in [-0.1, -0.05) is 12.1 Å². The Morgan fingerprint density at radius 1 is 0.840 bits per heavy atom. The van der Waals surface area contributed by atoms with Gasteiger partial charge in [0.05, 0.1) is 5.56 Å². The maximum Gasteiger partial charge on any atom is 0.387 e. The molecule has 0 fully saturated rings. The zero-order valence-electron chi connectivity index (χ0n) is 12.4. The molecule has 0 aliphatic heterocycles. The third-order valence-electron chi connectivity index (χ3n) is 2.60. The molecule has 0 bridgehead atoms. The molecule has 0 aliphatic rings. The van der Waals surface area contributed by atoms with Crippen molar-refractivity contribution >= 4 is 12.6 Å². The van der Waals surface area contributed by atoms with E-state index >= 15 is 0 Å². The summed E-state index contributed by atoms with van der Waals surface area (Å²) in [6.45, 7) is -5.89. The molecular weight excluding hydrogens is 348 g/mol. The SMILES string of the molecule is O=Cc1ccc(OC(F)F)c(O)c1.O=Cc1ccccc1OC(F)F. The largest absolute Gasteiger partial charge is 0.504 e. The predicted molar refractivity (Wildman–Crippen MR) is 78.6 cm³/mol. The van der Waals surface area contributed by atoms with Crippen molar-refractivity contribution in [2.75, 3.05) is 0 Å². The van der Waals surface area contributed by atoms with Gasteiger partial charge >= 0.3 is 13.2 Å². The molecule has 25 heavy (non-hydrogen) atoms. The van der Waals surface area contributed by atoms with E-state index in [1.54, 1.807) is 6.07 Å². The number of aldehydes is 2. The number of benzene rings is 2. The van der Waals surface area contributed by atoms with Crippen molar-refractivity contribution in [2.45, 2.75) is 13.2 Å². The summed E-state index contributed by atoms with van der Waals surface area (Å²) in [5.74, 6) is -0.923. The number of phenolic OH excluding ortho intramolecular Hbond substituents is 1. The van der Waals surface area contributed by atoms with Crippen LogP contribution in [-0.4, -0.2) is 30.9 Å². The van der Waals surface area contributed by atoms with Gasteiger partial charge in [0.2, 0.25) is 0 Å². The Labute approximate surface area is 139 Å². The van der Waals surface area contributed by atoms with Gasteiger partial charge in [-0.25, -0.2) is 0 Å². The van der Waals surface area contributed by atoms with Crippen LogP contribution in [0.3, 0.4) is 0 Å². The summed E-state index contributed by atoms with van der Waals surface area (Å²) in [4.78, 5) is 20.5. The topological polar surface area (TPSA) is 72.8 Å². The number of phenols is 1. The van der Waals surface area contributed by atoms with E-state index in [4.69, 9.17) is 5.11 Å². The fourth-order valence-electron chi connectivity index (χ4n) is 1.58. The van der Waals surface area contributed by atoms with E-state index in [2.05, 4.69) is 9.47 Å². The molecule has 0 spiro atoms. The zero-order valence-corrected chi connectivity index (χ0v) is 12.4.